The molecule has 0 radical (unpaired) electrons. The third-order valence-electron chi connectivity index (χ3n) is 4.25. The van der Waals surface area contributed by atoms with E-state index in [0.717, 1.165) is 11.1 Å². The predicted molar refractivity (Wildman–Crippen MR) is 89.4 cm³/mol. The normalized spacial score (nSPS) is 20.8. The molecular weight excluding hydrogens is 332 g/mol. The third-order valence-corrected chi connectivity index (χ3v) is 6.02. The van der Waals surface area contributed by atoms with Gasteiger partial charge in [-0.2, -0.15) is 0 Å². The van der Waals surface area contributed by atoms with Crippen LogP contribution < -0.4 is 5.32 Å². The highest BCUT2D eigenvalue weighted by atomic mass is 32.2. The lowest BCUT2D eigenvalue weighted by atomic mass is 9.97. The topological polar surface area (TPSA) is 46.2 Å². The number of hydrogen-bond donors (Lipinski definition) is 1. The maximum absolute atomic E-state index is 13.6. The summed E-state index contributed by atoms with van der Waals surface area (Å²) in [6.07, 6.45) is 0.995. The van der Waals surface area contributed by atoms with Crippen LogP contribution >= 0.6 is 0 Å². The van der Waals surface area contributed by atoms with E-state index in [1.807, 2.05) is 6.07 Å². The molecule has 0 saturated carbocycles. The van der Waals surface area contributed by atoms with Crippen molar-refractivity contribution < 1.29 is 17.2 Å². The number of halogens is 2. The summed E-state index contributed by atoms with van der Waals surface area (Å²) in [5.74, 6) is -0.422. The first-order chi connectivity index (χ1) is 11.4. The van der Waals surface area contributed by atoms with Crippen LogP contribution in [0.1, 0.15) is 23.6 Å². The summed E-state index contributed by atoms with van der Waals surface area (Å²) in [5, 5.41) is 3.31. The van der Waals surface area contributed by atoms with Crippen molar-refractivity contribution in [2.75, 3.05) is 11.5 Å². The van der Waals surface area contributed by atoms with Crippen LogP contribution in [0.5, 0.6) is 0 Å². The number of benzene rings is 2. The molecule has 0 aliphatic carbocycles. The lowest BCUT2D eigenvalue weighted by Crippen LogP contribution is -2.35. The van der Waals surface area contributed by atoms with E-state index in [0.29, 0.717) is 12.8 Å². The maximum Gasteiger partial charge on any atom is 0.151 e. The molecule has 2 atom stereocenters. The second-order valence-electron chi connectivity index (χ2n) is 6.21. The van der Waals surface area contributed by atoms with Gasteiger partial charge < -0.3 is 5.32 Å². The second kappa shape index (κ2) is 6.99. The summed E-state index contributed by atoms with van der Waals surface area (Å²) in [6, 6.07) is 12.0. The lowest BCUT2D eigenvalue weighted by Gasteiger charge is -2.23. The minimum Gasteiger partial charge on any atom is -0.306 e. The Labute approximate surface area is 140 Å². The fraction of sp³-hybridized carbons (Fsp3) is 0.333. The monoisotopic (exact) mass is 351 g/mol. The van der Waals surface area contributed by atoms with E-state index in [-0.39, 0.29) is 35.2 Å². The highest BCUT2D eigenvalue weighted by Crippen LogP contribution is 2.23. The van der Waals surface area contributed by atoms with Crippen molar-refractivity contribution in [1.82, 2.24) is 5.32 Å². The Kier molecular flexibility index (Phi) is 4.96. The molecular formula is C18H19F2NO2S. The van der Waals surface area contributed by atoms with Crippen LogP contribution in [0, 0.1) is 11.6 Å². The molecule has 1 aliphatic heterocycles. The van der Waals surface area contributed by atoms with Crippen molar-refractivity contribution in [3.63, 3.8) is 0 Å². The van der Waals surface area contributed by atoms with Gasteiger partial charge in [-0.05, 0) is 48.2 Å². The zero-order valence-electron chi connectivity index (χ0n) is 13.1. The first kappa shape index (κ1) is 17.0. The van der Waals surface area contributed by atoms with Gasteiger partial charge in [-0.3, -0.25) is 0 Å². The van der Waals surface area contributed by atoms with Gasteiger partial charge in [-0.1, -0.05) is 24.3 Å². The van der Waals surface area contributed by atoms with Gasteiger partial charge in [0.15, 0.2) is 9.84 Å². The van der Waals surface area contributed by atoms with Gasteiger partial charge in [0, 0.05) is 12.1 Å². The van der Waals surface area contributed by atoms with E-state index >= 15 is 0 Å². The minimum absolute atomic E-state index is 0.0853. The molecule has 1 saturated heterocycles. The molecule has 0 aromatic heterocycles. The average molecular weight is 351 g/mol. The van der Waals surface area contributed by atoms with Crippen molar-refractivity contribution in [2.45, 2.75) is 24.9 Å². The zero-order valence-corrected chi connectivity index (χ0v) is 13.9. The summed E-state index contributed by atoms with van der Waals surface area (Å²) < 4.78 is 50.3. The predicted octanol–water partition coefficient (Wildman–Crippen LogP) is 3.03. The Morgan fingerprint density at radius 3 is 2.42 bits per heavy atom. The van der Waals surface area contributed by atoms with Crippen molar-refractivity contribution >= 4 is 9.84 Å². The molecule has 128 valence electrons. The van der Waals surface area contributed by atoms with Gasteiger partial charge in [0.1, 0.15) is 11.6 Å². The van der Waals surface area contributed by atoms with E-state index in [4.69, 9.17) is 0 Å². The maximum atomic E-state index is 13.6. The lowest BCUT2D eigenvalue weighted by molar-refractivity contribution is 0.454. The molecule has 3 rings (SSSR count). The van der Waals surface area contributed by atoms with Crippen LogP contribution in [-0.2, 0) is 16.3 Å². The van der Waals surface area contributed by atoms with Crippen molar-refractivity contribution in [3.05, 3.63) is 71.3 Å². The fourth-order valence-electron chi connectivity index (χ4n) is 3.11. The van der Waals surface area contributed by atoms with Gasteiger partial charge in [0.05, 0.1) is 11.5 Å². The Morgan fingerprint density at radius 1 is 1.08 bits per heavy atom. The zero-order chi connectivity index (χ0) is 17.2. The first-order valence-electron chi connectivity index (χ1n) is 7.88. The average Bonchev–Trinajstić information content (AvgIpc) is 2.86. The highest BCUT2D eigenvalue weighted by molar-refractivity contribution is 7.91. The minimum atomic E-state index is -3.01. The molecule has 2 aromatic carbocycles. The van der Waals surface area contributed by atoms with Crippen molar-refractivity contribution in [3.8, 4) is 0 Å². The summed E-state index contributed by atoms with van der Waals surface area (Å²) in [6.45, 7) is 0. The third kappa shape index (κ3) is 4.39. The summed E-state index contributed by atoms with van der Waals surface area (Å²) in [4.78, 5) is 0. The molecule has 2 aromatic rings. The van der Waals surface area contributed by atoms with Gasteiger partial charge in [-0.15, -0.1) is 0 Å². The Balaban J connectivity index is 1.83. The van der Waals surface area contributed by atoms with E-state index in [9.17, 15) is 17.2 Å². The van der Waals surface area contributed by atoms with Crippen LogP contribution in [0.4, 0.5) is 8.78 Å². The summed E-state index contributed by atoms with van der Waals surface area (Å²) in [7, 11) is -3.01. The smallest absolute Gasteiger partial charge is 0.151 e. The van der Waals surface area contributed by atoms with Crippen LogP contribution in [0.15, 0.2) is 48.5 Å². The second-order valence-corrected chi connectivity index (χ2v) is 8.44. The molecule has 1 aliphatic rings. The molecule has 0 bridgehead atoms. The molecule has 1 N–H and O–H groups in total. The standard InChI is InChI=1S/C18H19F2NO2S/c19-15-5-1-3-13(9-15)10-18(14-4-2-6-16(20)11-14)21-17-7-8-24(22,23)12-17/h1-6,9,11,17-18,21H,7-8,10,12H2/t17-,18-/m0/s1. The number of nitrogens with one attached hydrogen (secondary N) is 1. The van der Waals surface area contributed by atoms with Crippen molar-refractivity contribution in [1.29, 1.82) is 0 Å². The van der Waals surface area contributed by atoms with Gasteiger partial charge in [-0.25, -0.2) is 17.2 Å². The largest absolute Gasteiger partial charge is 0.306 e. The van der Waals surface area contributed by atoms with Gasteiger partial charge in [0.2, 0.25) is 0 Å². The molecule has 0 amide bonds. The fourth-order valence-corrected chi connectivity index (χ4v) is 4.79. The van der Waals surface area contributed by atoms with Gasteiger partial charge in [0.25, 0.3) is 0 Å². The molecule has 0 unspecified atom stereocenters. The summed E-state index contributed by atoms with van der Waals surface area (Å²) in [5.41, 5.74) is 1.50. The van der Waals surface area contributed by atoms with Crippen LogP contribution in [0.2, 0.25) is 0 Å². The first-order valence-corrected chi connectivity index (χ1v) is 9.70. The van der Waals surface area contributed by atoms with Crippen LogP contribution in [-0.4, -0.2) is 26.0 Å². The molecule has 24 heavy (non-hydrogen) atoms. The Bertz CT molecular complexity index is 823. The molecule has 6 heteroatoms. The Hall–Kier alpha value is -1.79. The van der Waals surface area contributed by atoms with E-state index < -0.39 is 9.84 Å². The molecule has 3 nitrogen and oxygen atoms in total. The molecule has 0 spiro atoms. The number of sulfone groups is 1. The highest BCUT2D eigenvalue weighted by Gasteiger charge is 2.29. The van der Waals surface area contributed by atoms with Crippen LogP contribution in [0.3, 0.4) is 0 Å². The Morgan fingerprint density at radius 2 is 1.79 bits per heavy atom. The molecule has 1 fully saturated rings. The van der Waals surface area contributed by atoms with Crippen LogP contribution in [0.25, 0.3) is 0 Å². The molecule has 1 heterocycles. The van der Waals surface area contributed by atoms with Crippen molar-refractivity contribution in [2.24, 2.45) is 0 Å². The SMILES string of the molecule is O=S1(=O)CC[C@H](N[C@@H](Cc2cccc(F)c2)c2cccc(F)c2)C1. The summed E-state index contributed by atoms with van der Waals surface area (Å²) >= 11 is 0. The quantitative estimate of drug-likeness (QED) is 0.901. The van der Waals surface area contributed by atoms with E-state index in [1.54, 1.807) is 18.2 Å². The van der Waals surface area contributed by atoms with E-state index in [2.05, 4.69) is 5.32 Å². The van der Waals surface area contributed by atoms with Gasteiger partial charge >= 0.3 is 0 Å². The van der Waals surface area contributed by atoms with E-state index in [1.165, 1.54) is 24.3 Å². The number of rotatable bonds is 5. The number of hydrogen-bond acceptors (Lipinski definition) is 3.